The lowest BCUT2D eigenvalue weighted by Gasteiger charge is -2.08. The van der Waals surface area contributed by atoms with E-state index in [1.54, 1.807) is 12.1 Å². The van der Waals surface area contributed by atoms with E-state index in [1.807, 2.05) is 19.1 Å². The predicted molar refractivity (Wildman–Crippen MR) is 52.2 cm³/mol. The highest BCUT2D eigenvalue weighted by molar-refractivity contribution is 5.66. The van der Waals surface area contributed by atoms with Crippen LogP contribution in [0.2, 0.25) is 0 Å². The van der Waals surface area contributed by atoms with Crippen LogP contribution in [0.3, 0.4) is 0 Å². The highest BCUT2D eigenvalue weighted by Gasteiger charge is 2.10. The van der Waals surface area contributed by atoms with Crippen molar-refractivity contribution in [3.05, 3.63) is 42.0 Å². The van der Waals surface area contributed by atoms with Gasteiger partial charge < -0.3 is 5.11 Å². The van der Waals surface area contributed by atoms with Crippen molar-refractivity contribution in [2.24, 2.45) is 0 Å². The molecule has 0 spiro atoms. The summed E-state index contributed by atoms with van der Waals surface area (Å²) in [6.07, 6.45) is -1.36. The molecule has 0 aliphatic carbocycles. The number of aliphatic hydroxyl groups is 1. The first-order valence-corrected chi connectivity index (χ1v) is 4.16. The largest absolute Gasteiger partial charge is 0.393 e. The minimum Gasteiger partial charge on any atom is -0.393 e. The Morgan fingerprint density at radius 3 is 2.46 bits per heavy atom. The van der Waals surface area contributed by atoms with E-state index in [0.29, 0.717) is 5.57 Å². The molecule has 1 nitrogen and oxygen atoms in total. The van der Waals surface area contributed by atoms with Crippen LogP contribution in [0.5, 0.6) is 0 Å². The van der Waals surface area contributed by atoms with Gasteiger partial charge in [-0.15, -0.1) is 0 Å². The van der Waals surface area contributed by atoms with Crippen LogP contribution in [0.25, 0.3) is 5.57 Å². The lowest BCUT2D eigenvalue weighted by molar-refractivity contribution is 0.215. The zero-order chi connectivity index (χ0) is 9.84. The quantitative estimate of drug-likeness (QED) is 0.757. The lowest BCUT2D eigenvalue weighted by atomic mass is 10.0. The molecule has 70 valence electrons. The van der Waals surface area contributed by atoms with Crippen molar-refractivity contribution in [1.29, 1.82) is 0 Å². The SMILES string of the molecule is C=C(c1ccc(C)cc1)[C@H](F)CO. The molecular weight excluding hydrogens is 167 g/mol. The molecule has 0 saturated carbocycles. The van der Waals surface area contributed by atoms with Crippen LogP contribution in [-0.2, 0) is 0 Å². The maximum Gasteiger partial charge on any atom is 0.148 e. The van der Waals surface area contributed by atoms with Gasteiger partial charge in [-0.05, 0) is 18.1 Å². The van der Waals surface area contributed by atoms with E-state index in [1.165, 1.54) is 0 Å². The lowest BCUT2D eigenvalue weighted by Crippen LogP contribution is -2.07. The molecule has 13 heavy (non-hydrogen) atoms. The molecule has 0 aliphatic heterocycles. The second-order valence-corrected chi connectivity index (χ2v) is 3.04. The summed E-state index contributed by atoms with van der Waals surface area (Å²) in [6, 6.07) is 7.40. The van der Waals surface area contributed by atoms with Gasteiger partial charge in [0, 0.05) is 0 Å². The second-order valence-electron chi connectivity index (χ2n) is 3.04. The number of halogens is 1. The Hall–Kier alpha value is -1.15. The van der Waals surface area contributed by atoms with Crippen LogP contribution in [-0.4, -0.2) is 17.9 Å². The van der Waals surface area contributed by atoms with Crippen molar-refractivity contribution in [1.82, 2.24) is 0 Å². The summed E-state index contributed by atoms with van der Waals surface area (Å²) in [5, 5.41) is 8.59. The van der Waals surface area contributed by atoms with E-state index in [2.05, 4.69) is 6.58 Å². The fourth-order valence-electron chi connectivity index (χ4n) is 1.06. The Bertz CT molecular complexity index is 289. The number of aryl methyl sites for hydroxylation is 1. The number of hydrogen-bond donors (Lipinski definition) is 1. The van der Waals surface area contributed by atoms with Crippen LogP contribution in [0.15, 0.2) is 30.8 Å². The average Bonchev–Trinajstić information content (AvgIpc) is 2.17. The van der Waals surface area contributed by atoms with Gasteiger partial charge in [0.05, 0.1) is 6.61 Å². The van der Waals surface area contributed by atoms with E-state index in [4.69, 9.17) is 5.11 Å². The summed E-state index contributed by atoms with van der Waals surface area (Å²) in [6.45, 7) is 5.05. The fourth-order valence-corrected chi connectivity index (χ4v) is 1.06. The molecule has 0 bridgehead atoms. The molecule has 1 atom stereocenters. The van der Waals surface area contributed by atoms with Crippen LogP contribution in [0.1, 0.15) is 11.1 Å². The summed E-state index contributed by atoms with van der Waals surface area (Å²) < 4.78 is 13.0. The van der Waals surface area contributed by atoms with Gasteiger partial charge in [-0.3, -0.25) is 0 Å². The molecule has 0 aromatic heterocycles. The number of benzene rings is 1. The first-order chi connectivity index (χ1) is 6.15. The maximum atomic E-state index is 13.0. The Morgan fingerprint density at radius 1 is 1.46 bits per heavy atom. The van der Waals surface area contributed by atoms with E-state index in [9.17, 15) is 4.39 Å². The average molecular weight is 180 g/mol. The third-order valence-electron chi connectivity index (χ3n) is 1.96. The summed E-state index contributed by atoms with van der Waals surface area (Å²) >= 11 is 0. The Labute approximate surface area is 77.5 Å². The molecule has 0 fully saturated rings. The molecule has 0 aliphatic rings. The molecule has 0 heterocycles. The van der Waals surface area contributed by atoms with Gasteiger partial charge in [0.15, 0.2) is 0 Å². The highest BCUT2D eigenvalue weighted by Crippen LogP contribution is 2.18. The number of alkyl halides is 1. The van der Waals surface area contributed by atoms with Crippen molar-refractivity contribution >= 4 is 5.57 Å². The molecular formula is C11H13FO. The van der Waals surface area contributed by atoms with Gasteiger partial charge in [-0.1, -0.05) is 36.4 Å². The summed E-state index contributed by atoms with van der Waals surface area (Å²) in [5.41, 5.74) is 2.20. The molecule has 0 saturated heterocycles. The highest BCUT2D eigenvalue weighted by atomic mass is 19.1. The molecule has 1 rings (SSSR count). The summed E-state index contributed by atoms with van der Waals surface area (Å²) in [5.74, 6) is 0. The number of aliphatic hydroxyl groups excluding tert-OH is 1. The number of hydrogen-bond acceptors (Lipinski definition) is 1. The van der Waals surface area contributed by atoms with Crippen LogP contribution in [0, 0.1) is 6.92 Å². The minimum atomic E-state index is -1.36. The van der Waals surface area contributed by atoms with Gasteiger partial charge >= 0.3 is 0 Å². The molecule has 2 heteroatoms. The standard InChI is InChI=1S/C11H13FO/c1-8-3-5-10(6-4-8)9(2)11(12)7-13/h3-6,11,13H,2,7H2,1H3/t11-/m1/s1. The zero-order valence-corrected chi connectivity index (χ0v) is 7.63. The zero-order valence-electron chi connectivity index (χ0n) is 7.63. The van der Waals surface area contributed by atoms with Gasteiger partial charge in [-0.2, -0.15) is 0 Å². The normalized spacial score (nSPS) is 12.5. The first kappa shape index (κ1) is 9.93. The Kier molecular flexibility index (Phi) is 3.20. The third-order valence-corrected chi connectivity index (χ3v) is 1.96. The topological polar surface area (TPSA) is 20.2 Å². The van der Waals surface area contributed by atoms with Gasteiger partial charge in [0.25, 0.3) is 0 Å². The van der Waals surface area contributed by atoms with Crippen molar-refractivity contribution in [2.45, 2.75) is 13.1 Å². The molecule has 0 unspecified atom stereocenters. The molecule has 1 aromatic carbocycles. The Balaban J connectivity index is 2.83. The van der Waals surface area contributed by atoms with Crippen LogP contribution < -0.4 is 0 Å². The van der Waals surface area contributed by atoms with Crippen molar-refractivity contribution in [2.75, 3.05) is 6.61 Å². The predicted octanol–water partition coefficient (Wildman–Crippen LogP) is 2.34. The van der Waals surface area contributed by atoms with E-state index < -0.39 is 12.8 Å². The van der Waals surface area contributed by atoms with Gasteiger partial charge in [0.1, 0.15) is 6.17 Å². The first-order valence-electron chi connectivity index (χ1n) is 4.16. The minimum absolute atomic E-state index is 0.336. The van der Waals surface area contributed by atoms with Crippen molar-refractivity contribution in [3.63, 3.8) is 0 Å². The van der Waals surface area contributed by atoms with Gasteiger partial charge in [-0.25, -0.2) is 4.39 Å². The summed E-state index contributed by atoms with van der Waals surface area (Å²) in [4.78, 5) is 0. The van der Waals surface area contributed by atoms with E-state index >= 15 is 0 Å². The third kappa shape index (κ3) is 2.39. The molecule has 0 amide bonds. The molecule has 0 radical (unpaired) electrons. The number of rotatable bonds is 3. The maximum absolute atomic E-state index is 13.0. The Morgan fingerprint density at radius 2 is 2.00 bits per heavy atom. The van der Waals surface area contributed by atoms with Crippen molar-refractivity contribution < 1.29 is 9.50 Å². The molecule has 1 N–H and O–H groups in total. The molecule has 1 aromatic rings. The fraction of sp³-hybridized carbons (Fsp3) is 0.273. The summed E-state index contributed by atoms with van der Waals surface area (Å²) in [7, 11) is 0. The van der Waals surface area contributed by atoms with E-state index in [0.717, 1.165) is 11.1 Å². The van der Waals surface area contributed by atoms with Crippen LogP contribution in [0.4, 0.5) is 4.39 Å². The van der Waals surface area contributed by atoms with Crippen LogP contribution >= 0.6 is 0 Å². The van der Waals surface area contributed by atoms with E-state index in [-0.39, 0.29) is 0 Å². The van der Waals surface area contributed by atoms with Gasteiger partial charge in [0.2, 0.25) is 0 Å². The monoisotopic (exact) mass is 180 g/mol. The second kappa shape index (κ2) is 4.19. The van der Waals surface area contributed by atoms with Crippen molar-refractivity contribution in [3.8, 4) is 0 Å². The smallest absolute Gasteiger partial charge is 0.148 e.